The van der Waals surface area contributed by atoms with Gasteiger partial charge in [0.25, 0.3) is 0 Å². The number of benzene rings is 2. The first-order valence-corrected chi connectivity index (χ1v) is 12.5. The Kier molecular flexibility index (Phi) is 7.94. The molecule has 4 rings (SSSR count). The highest BCUT2D eigenvalue weighted by Gasteiger charge is 2.23. The van der Waals surface area contributed by atoms with E-state index in [1.165, 1.54) is 11.1 Å². The van der Waals surface area contributed by atoms with Gasteiger partial charge in [-0.1, -0.05) is 78.9 Å². The lowest BCUT2D eigenvalue weighted by Crippen LogP contribution is -2.32. The summed E-state index contributed by atoms with van der Waals surface area (Å²) in [6, 6.07) is 17.1. The van der Waals surface area contributed by atoms with Crippen LogP contribution in [0, 0.1) is 13.8 Å². The summed E-state index contributed by atoms with van der Waals surface area (Å²) in [7, 11) is 0. The normalized spacial score (nSPS) is 13.1. The molecule has 0 fully saturated rings. The van der Waals surface area contributed by atoms with Gasteiger partial charge in [-0.25, -0.2) is 9.97 Å². The second-order valence-corrected chi connectivity index (χ2v) is 9.43. The molecule has 1 aliphatic heterocycles. The van der Waals surface area contributed by atoms with Crippen LogP contribution in [-0.4, -0.2) is 34.1 Å². The maximum absolute atomic E-state index is 10.7. The van der Waals surface area contributed by atoms with Gasteiger partial charge in [0, 0.05) is 30.6 Å². The molecule has 0 amide bonds. The van der Waals surface area contributed by atoms with Gasteiger partial charge in [0.1, 0.15) is 0 Å². The summed E-state index contributed by atoms with van der Waals surface area (Å²) in [5.41, 5.74) is 7.68. The van der Waals surface area contributed by atoms with Crippen LogP contribution in [0.15, 0.2) is 48.5 Å². The molecule has 1 aromatic heterocycles. The summed E-state index contributed by atoms with van der Waals surface area (Å²) in [6.07, 6.45) is 7.38. The predicted molar refractivity (Wildman–Crippen MR) is 138 cm³/mol. The van der Waals surface area contributed by atoms with Crippen LogP contribution < -0.4 is 4.90 Å². The fourth-order valence-corrected chi connectivity index (χ4v) is 4.58. The van der Waals surface area contributed by atoms with E-state index in [0.717, 1.165) is 92.1 Å². The largest absolute Gasteiger partial charge is 0.481 e. The molecule has 1 N–H and O–H groups in total. The van der Waals surface area contributed by atoms with Crippen LogP contribution in [0.1, 0.15) is 61.8 Å². The molecule has 3 aromatic rings. The quantitative estimate of drug-likeness (QED) is 0.347. The van der Waals surface area contributed by atoms with E-state index < -0.39 is 5.97 Å². The van der Waals surface area contributed by atoms with E-state index in [4.69, 9.17) is 15.1 Å². The number of carbonyl (C=O) groups is 1. The molecule has 0 aliphatic carbocycles. The summed E-state index contributed by atoms with van der Waals surface area (Å²) >= 11 is 0. The second kappa shape index (κ2) is 11.3. The lowest BCUT2D eigenvalue weighted by atomic mass is 10.0. The van der Waals surface area contributed by atoms with Crippen molar-refractivity contribution < 1.29 is 9.90 Å². The van der Waals surface area contributed by atoms with Gasteiger partial charge in [-0.05, 0) is 39.5 Å². The fraction of sp³-hybridized carbons (Fsp3) is 0.414. The molecule has 178 valence electrons. The van der Waals surface area contributed by atoms with Gasteiger partial charge in [0.05, 0.1) is 17.1 Å². The molecule has 0 bridgehead atoms. The van der Waals surface area contributed by atoms with Crippen molar-refractivity contribution in [3.8, 4) is 22.5 Å². The van der Waals surface area contributed by atoms with E-state index in [9.17, 15) is 4.79 Å². The highest BCUT2D eigenvalue weighted by atomic mass is 16.4. The Morgan fingerprint density at radius 2 is 1.38 bits per heavy atom. The van der Waals surface area contributed by atoms with E-state index in [-0.39, 0.29) is 6.42 Å². The molecule has 0 radical (unpaired) electrons. The molecule has 5 heteroatoms. The maximum Gasteiger partial charge on any atom is 0.303 e. The van der Waals surface area contributed by atoms with E-state index in [0.29, 0.717) is 0 Å². The molecule has 2 aromatic carbocycles. The topological polar surface area (TPSA) is 66.3 Å². The number of aliphatic carboxylic acids is 1. The number of unbranched alkanes of at least 4 members (excludes halogenated alkanes) is 4. The number of aromatic nitrogens is 2. The minimum absolute atomic E-state index is 0.278. The van der Waals surface area contributed by atoms with E-state index in [1.807, 2.05) is 0 Å². The Labute approximate surface area is 202 Å². The van der Waals surface area contributed by atoms with Crippen LogP contribution in [0.2, 0.25) is 0 Å². The Morgan fingerprint density at radius 1 is 0.824 bits per heavy atom. The summed E-state index contributed by atoms with van der Waals surface area (Å²) in [6.45, 7) is 6.19. The predicted octanol–water partition coefficient (Wildman–Crippen LogP) is 6.61. The van der Waals surface area contributed by atoms with Crippen molar-refractivity contribution in [2.45, 2.75) is 65.2 Å². The molecule has 0 atom stereocenters. The van der Waals surface area contributed by atoms with Gasteiger partial charge in [0.2, 0.25) is 0 Å². The molecule has 1 aliphatic rings. The van der Waals surface area contributed by atoms with Gasteiger partial charge in [-0.15, -0.1) is 0 Å². The molecular formula is C29H35N3O2. The zero-order valence-electron chi connectivity index (χ0n) is 20.4. The van der Waals surface area contributed by atoms with Crippen LogP contribution in [0.3, 0.4) is 0 Å². The fourth-order valence-electron chi connectivity index (χ4n) is 4.58. The smallest absolute Gasteiger partial charge is 0.303 e. The second-order valence-electron chi connectivity index (χ2n) is 9.43. The maximum atomic E-state index is 10.7. The first-order chi connectivity index (χ1) is 16.5. The van der Waals surface area contributed by atoms with Gasteiger partial charge < -0.3 is 10.0 Å². The van der Waals surface area contributed by atoms with Crippen molar-refractivity contribution in [3.63, 3.8) is 0 Å². The van der Waals surface area contributed by atoms with Crippen LogP contribution >= 0.6 is 0 Å². The van der Waals surface area contributed by atoms with Crippen LogP contribution in [0.25, 0.3) is 22.5 Å². The van der Waals surface area contributed by atoms with Crippen molar-refractivity contribution >= 4 is 11.8 Å². The van der Waals surface area contributed by atoms with Crippen LogP contribution in [0.4, 0.5) is 5.82 Å². The number of hydrogen-bond donors (Lipinski definition) is 1. The minimum Gasteiger partial charge on any atom is -0.481 e. The zero-order chi connectivity index (χ0) is 23.9. The summed E-state index contributed by atoms with van der Waals surface area (Å²) in [5.74, 6) is 0.335. The number of hydrogen-bond acceptors (Lipinski definition) is 4. The average Bonchev–Trinajstić information content (AvgIpc) is 2.83. The van der Waals surface area contributed by atoms with Gasteiger partial charge >= 0.3 is 5.97 Å². The zero-order valence-corrected chi connectivity index (χ0v) is 20.4. The Hall–Kier alpha value is -3.21. The Morgan fingerprint density at radius 3 is 2.00 bits per heavy atom. The van der Waals surface area contributed by atoms with Crippen molar-refractivity contribution in [2.75, 3.05) is 18.0 Å². The highest BCUT2D eigenvalue weighted by Crippen LogP contribution is 2.35. The van der Waals surface area contributed by atoms with Crippen LogP contribution in [0.5, 0.6) is 0 Å². The third kappa shape index (κ3) is 6.02. The number of carboxylic acid groups (broad SMARTS) is 1. The number of anilines is 1. The first-order valence-electron chi connectivity index (χ1n) is 12.5. The molecule has 0 saturated heterocycles. The number of fused-ring (bicyclic) bond motifs is 1. The molecule has 5 nitrogen and oxygen atoms in total. The van der Waals surface area contributed by atoms with Crippen molar-refractivity contribution in [2.24, 2.45) is 0 Å². The molecule has 0 spiro atoms. The molecule has 0 saturated carbocycles. The summed E-state index contributed by atoms with van der Waals surface area (Å²) in [4.78, 5) is 23.5. The molecular weight excluding hydrogens is 422 g/mol. The molecule has 2 heterocycles. The summed E-state index contributed by atoms with van der Waals surface area (Å²) < 4.78 is 0. The van der Waals surface area contributed by atoms with Gasteiger partial charge in [-0.3, -0.25) is 4.79 Å². The Balaban J connectivity index is 1.56. The van der Waals surface area contributed by atoms with Gasteiger partial charge in [0.15, 0.2) is 5.82 Å². The van der Waals surface area contributed by atoms with Gasteiger partial charge in [-0.2, -0.15) is 0 Å². The van der Waals surface area contributed by atoms with Crippen molar-refractivity contribution in [1.82, 2.24) is 9.97 Å². The third-order valence-electron chi connectivity index (χ3n) is 6.56. The lowest BCUT2D eigenvalue weighted by Gasteiger charge is -2.30. The number of nitrogens with zero attached hydrogens (tertiary/aromatic N) is 3. The lowest BCUT2D eigenvalue weighted by molar-refractivity contribution is -0.137. The van der Waals surface area contributed by atoms with E-state index in [1.54, 1.807) is 0 Å². The van der Waals surface area contributed by atoms with E-state index in [2.05, 4.69) is 67.3 Å². The standard InChI is InChI=1S/C29H35N3O2/c1-21-11-15-23(16-12-21)27-28(24-17-13-22(2)14-18-24)31-29-25(30-27)9-8-20-32(29)19-7-5-3-4-6-10-26(33)34/h11-18H,3-10,19-20H2,1-2H3,(H,33,34). The van der Waals surface area contributed by atoms with Crippen molar-refractivity contribution in [1.29, 1.82) is 0 Å². The SMILES string of the molecule is Cc1ccc(-c2nc3c(nc2-c2ccc(C)cc2)N(CCCCCCCC(=O)O)CCC3)cc1. The third-order valence-corrected chi connectivity index (χ3v) is 6.56. The monoisotopic (exact) mass is 457 g/mol. The Bertz CT molecular complexity index is 1110. The molecule has 34 heavy (non-hydrogen) atoms. The average molecular weight is 458 g/mol. The minimum atomic E-state index is -0.696. The highest BCUT2D eigenvalue weighted by molar-refractivity contribution is 5.79. The first kappa shape index (κ1) is 23.9. The number of rotatable bonds is 10. The van der Waals surface area contributed by atoms with Crippen LogP contribution in [-0.2, 0) is 11.2 Å². The van der Waals surface area contributed by atoms with E-state index >= 15 is 0 Å². The number of carboxylic acids is 1. The van der Waals surface area contributed by atoms with Crippen molar-refractivity contribution in [3.05, 3.63) is 65.4 Å². The summed E-state index contributed by atoms with van der Waals surface area (Å²) in [5, 5.41) is 8.78. The molecule has 0 unspecified atom stereocenters. The number of aryl methyl sites for hydroxylation is 3.